The molecule has 2 bridgehead atoms. The van der Waals surface area contributed by atoms with E-state index < -0.39 is 5.41 Å². The molecule has 4 heteroatoms. The minimum Gasteiger partial charge on any atom is -0.466 e. The van der Waals surface area contributed by atoms with Crippen LogP contribution in [0.4, 0.5) is 0 Å². The fraction of sp³-hybridized carbons (Fsp3) is 0.400. The van der Waals surface area contributed by atoms with E-state index in [1.807, 2.05) is 13.8 Å². The Morgan fingerprint density at radius 1 is 0.765 bits per heavy atom. The van der Waals surface area contributed by atoms with E-state index in [0.717, 1.165) is 12.8 Å². The summed E-state index contributed by atoms with van der Waals surface area (Å²) in [6.45, 7) is 4.49. The zero-order chi connectivity index (χ0) is 23.8. The summed E-state index contributed by atoms with van der Waals surface area (Å²) < 4.78 is 10.7. The summed E-state index contributed by atoms with van der Waals surface area (Å²) in [6.07, 6.45) is 8.56. The van der Waals surface area contributed by atoms with Crippen molar-refractivity contribution in [2.24, 2.45) is 0 Å². The fourth-order valence-corrected chi connectivity index (χ4v) is 6.74. The van der Waals surface area contributed by atoms with E-state index in [2.05, 4.69) is 60.7 Å². The van der Waals surface area contributed by atoms with Crippen LogP contribution >= 0.6 is 0 Å². The SMILES string of the molecule is CCOC(=O)CCC12C3=C(CCC=C3)C(CCC(=O)OCC)(c3ccccc31)c1ccccc12. The Hall–Kier alpha value is -3.14. The van der Waals surface area contributed by atoms with E-state index in [0.29, 0.717) is 38.9 Å². The summed E-state index contributed by atoms with van der Waals surface area (Å²) in [5.74, 6) is -0.302. The van der Waals surface area contributed by atoms with Gasteiger partial charge in [-0.3, -0.25) is 9.59 Å². The molecule has 0 atom stereocenters. The van der Waals surface area contributed by atoms with Crippen molar-refractivity contribution in [2.75, 3.05) is 13.2 Å². The van der Waals surface area contributed by atoms with E-state index in [9.17, 15) is 9.59 Å². The van der Waals surface area contributed by atoms with E-state index in [1.165, 1.54) is 33.4 Å². The quantitative estimate of drug-likeness (QED) is 0.463. The van der Waals surface area contributed by atoms with Gasteiger partial charge in [0.05, 0.1) is 13.2 Å². The van der Waals surface area contributed by atoms with Crippen molar-refractivity contribution in [3.63, 3.8) is 0 Å². The third-order valence-corrected chi connectivity index (χ3v) is 7.86. The number of hydrogen-bond donors (Lipinski definition) is 0. The molecule has 0 aliphatic heterocycles. The summed E-state index contributed by atoms with van der Waals surface area (Å²) >= 11 is 0. The molecule has 0 spiro atoms. The molecule has 4 aliphatic carbocycles. The van der Waals surface area contributed by atoms with E-state index in [1.54, 1.807) is 0 Å². The number of esters is 2. The largest absolute Gasteiger partial charge is 0.466 e. The maximum atomic E-state index is 12.5. The van der Waals surface area contributed by atoms with Crippen LogP contribution in [0.25, 0.3) is 0 Å². The van der Waals surface area contributed by atoms with Gasteiger partial charge in [0, 0.05) is 23.7 Å². The molecule has 2 aromatic carbocycles. The zero-order valence-corrected chi connectivity index (χ0v) is 20.1. The van der Waals surface area contributed by atoms with Gasteiger partial charge in [-0.05, 0) is 67.4 Å². The van der Waals surface area contributed by atoms with Gasteiger partial charge >= 0.3 is 11.9 Å². The second-order valence-electron chi connectivity index (χ2n) is 9.35. The molecule has 176 valence electrons. The van der Waals surface area contributed by atoms with Crippen LogP contribution in [-0.2, 0) is 29.9 Å². The van der Waals surface area contributed by atoms with Crippen LogP contribution in [0, 0.1) is 0 Å². The number of ether oxygens (including phenoxy) is 2. The summed E-state index contributed by atoms with van der Waals surface area (Å²) in [5, 5.41) is 0. The first-order chi connectivity index (χ1) is 16.6. The van der Waals surface area contributed by atoms with Crippen molar-refractivity contribution in [3.05, 3.63) is 94.1 Å². The molecule has 0 N–H and O–H groups in total. The fourth-order valence-electron chi connectivity index (χ4n) is 6.74. The molecular formula is C30H32O4. The number of hydrogen-bond acceptors (Lipinski definition) is 4. The first-order valence-corrected chi connectivity index (χ1v) is 12.5. The molecule has 2 aromatic rings. The lowest BCUT2D eigenvalue weighted by atomic mass is 9.44. The lowest BCUT2D eigenvalue weighted by Crippen LogP contribution is -2.51. The summed E-state index contributed by atoms with van der Waals surface area (Å²) in [5.41, 5.74) is 7.03. The van der Waals surface area contributed by atoms with Crippen LogP contribution in [0.5, 0.6) is 0 Å². The molecular weight excluding hydrogens is 424 g/mol. The molecule has 6 rings (SSSR count). The molecule has 4 aliphatic rings. The van der Waals surface area contributed by atoms with E-state index >= 15 is 0 Å². The third-order valence-electron chi connectivity index (χ3n) is 7.86. The average molecular weight is 457 g/mol. The second kappa shape index (κ2) is 8.90. The molecule has 0 saturated carbocycles. The summed E-state index contributed by atoms with van der Waals surface area (Å²) in [7, 11) is 0. The van der Waals surface area contributed by atoms with Crippen molar-refractivity contribution in [1.82, 2.24) is 0 Å². The van der Waals surface area contributed by atoms with Gasteiger partial charge in [0.2, 0.25) is 0 Å². The molecule has 0 radical (unpaired) electrons. The Labute approximate surface area is 201 Å². The predicted molar refractivity (Wildman–Crippen MR) is 132 cm³/mol. The van der Waals surface area contributed by atoms with Gasteiger partial charge in [-0.1, -0.05) is 66.3 Å². The number of benzene rings is 2. The van der Waals surface area contributed by atoms with E-state index in [4.69, 9.17) is 9.47 Å². The first-order valence-electron chi connectivity index (χ1n) is 12.5. The summed E-state index contributed by atoms with van der Waals surface area (Å²) in [4.78, 5) is 25.1. The van der Waals surface area contributed by atoms with Gasteiger partial charge in [0.15, 0.2) is 0 Å². The highest BCUT2D eigenvalue weighted by Gasteiger charge is 2.58. The van der Waals surface area contributed by atoms with Crippen molar-refractivity contribution in [1.29, 1.82) is 0 Å². The molecule has 34 heavy (non-hydrogen) atoms. The molecule has 0 amide bonds. The molecule has 0 unspecified atom stereocenters. The van der Waals surface area contributed by atoms with Crippen LogP contribution in [0.1, 0.15) is 74.6 Å². The Morgan fingerprint density at radius 3 is 1.74 bits per heavy atom. The monoisotopic (exact) mass is 456 g/mol. The Bertz CT molecular complexity index is 1140. The smallest absolute Gasteiger partial charge is 0.305 e. The Morgan fingerprint density at radius 2 is 1.24 bits per heavy atom. The lowest BCUT2D eigenvalue weighted by molar-refractivity contribution is -0.144. The molecule has 0 heterocycles. The first kappa shape index (κ1) is 22.6. The minimum atomic E-state index is -0.391. The standard InChI is InChI=1S/C30H32O4/c1-3-33-27(31)17-19-29-21-11-5-8-14-24(21)30(20-18-28(32)34-4-2,25-15-9-6-12-22(25)29)26-16-10-7-13-23(26)29/h5-9,11-15H,3-4,10,16-20H2,1-2H3. The van der Waals surface area contributed by atoms with Gasteiger partial charge in [-0.2, -0.15) is 0 Å². The topological polar surface area (TPSA) is 52.6 Å². The Kier molecular flexibility index (Phi) is 5.93. The number of carbonyl (C=O) groups excluding carboxylic acids is 2. The van der Waals surface area contributed by atoms with Gasteiger partial charge in [0.25, 0.3) is 0 Å². The van der Waals surface area contributed by atoms with Crippen LogP contribution in [0.3, 0.4) is 0 Å². The molecule has 0 fully saturated rings. The molecule has 4 nitrogen and oxygen atoms in total. The van der Waals surface area contributed by atoms with Crippen molar-refractivity contribution in [3.8, 4) is 0 Å². The van der Waals surface area contributed by atoms with Crippen molar-refractivity contribution in [2.45, 2.75) is 63.2 Å². The van der Waals surface area contributed by atoms with E-state index in [-0.39, 0.29) is 17.4 Å². The number of rotatable bonds is 8. The van der Waals surface area contributed by atoms with Crippen molar-refractivity contribution < 1.29 is 19.1 Å². The molecule has 0 saturated heterocycles. The maximum Gasteiger partial charge on any atom is 0.305 e. The number of carbonyl (C=O) groups is 2. The lowest BCUT2D eigenvalue weighted by Gasteiger charge is -2.58. The maximum absolute atomic E-state index is 12.5. The third kappa shape index (κ3) is 3.19. The summed E-state index contributed by atoms with van der Waals surface area (Å²) in [6, 6.07) is 17.3. The highest BCUT2D eigenvalue weighted by atomic mass is 16.5. The average Bonchev–Trinajstić information content (AvgIpc) is 2.87. The van der Waals surface area contributed by atoms with Crippen LogP contribution in [-0.4, -0.2) is 25.2 Å². The van der Waals surface area contributed by atoms with Crippen LogP contribution in [0.2, 0.25) is 0 Å². The highest BCUT2D eigenvalue weighted by Crippen LogP contribution is 2.66. The van der Waals surface area contributed by atoms with Crippen LogP contribution in [0.15, 0.2) is 71.8 Å². The van der Waals surface area contributed by atoms with Gasteiger partial charge in [0.1, 0.15) is 0 Å². The highest BCUT2D eigenvalue weighted by molar-refractivity contribution is 5.78. The van der Waals surface area contributed by atoms with Gasteiger partial charge in [-0.15, -0.1) is 0 Å². The minimum absolute atomic E-state index is 0.148. The Balaban J connectivity index is 1.74. The zero-order valence-electron chi connectivity index (χ0n) is 20.1. The van der Waals surface area contributed by atoms with Crippen molar-refractivity contribution >= 4 is 11.9 Å². The number of allylic oxidation sites excluding steroid dienone is 4. The normalized spacial score (nSPS) is 23.7. The molecule has 0 aromatic heterocycles. The predicted octanol–water partition coefficient (Wildman–Crippen LogP) is 5.92. The van der Waals surface area contributed by atoms with Crippen LogP contribution < -0.4 is 0 Å². The van der Waals surface area contributed by atoms with Gasteiger partial charge < -0.3 is 9.47 Å². The second-order valence-corrected chi connectivity index (χ2v) is 9.35. The van der Waals surface area contributed by atoms with Gasteiger partial charge in [-0.25, -0.2) is 0 Å².